The molecule has 0 aliphatic rings. The van der Waals surface area contributed by atoms with Crippen LogP contribution in [0.5, 0.6) is 0 Å². The molecule has 0 radical (unpaired) electrons. The van der Waals surface area contributed by atoms with Crippen LogP contribution in [0, 0.1) is 0 Å². The summed E-state index contributed by atoms with van der Waals surface area (Å²) in [5.74, 6) is 0.762. The number of nitrogens with zero attached hydrogens (tertiary/aromatic N) is 2. The lowest BCUT2D eigenvalue weighted by atomic mass is 9.99. The van der Waals surface area contributed by atoms with Crippen molar-refractivity contribution in [3.8, 4) is 22.5 Å². The molecule has 1 aromatic heterocycles. The van der Waals surface area contributed by atoms with Gasteiger partial charge in [-0.05, 0) is 17.2 Å². The van der Waals surface area contributed by atoms with E-state index in [2.05, 4.69) is 29.2 Å². The summed E-state index contributed by atoms with van der Waals surface area (Å²) in [6.07, 6.45) is 1.89. The monoisotopic (exact) mass is 282 g/mol. The fourth-order valence-corrected chi connectivity index (χ4v) is 2.65. The molecule has 0 N–H and O–H groups in total. The minimum absolute atomic E-state index is 0.762. The van der Waals surface area contributed by atoms with Crippen molar-refractivity contribution in [3.05, 3.63) is 85.1 Å². The maximum atomic E-state index is 4.72. The molecule has 104 valence electrons. The van der Waals surface area contributed by atoms with Crippen LogP contribution in [0.1, 0.15) is 0 Å². The van der Waals surface area contributed by atoms with Gasteiger partial charge in [-0.25, -0.2) is 9.97 Å². The zero-order valence-electron chi connectivity index (χ0n) is 12.0. The van der Waals surface area contributed by atoms with Gasteiger partial charge in [0, 0.05) is 17.1 Å². The van der Waals surface area contributed by atoms with Gasteiger partial charge in [0.05, 0.1) is 5.52 Å². The standard InChI is InChI=1S/C20H14N2/c1-2-8-15(9-3-1)17-11-5-6-12-18(17)20-21-14-16-10-4-7-13-19(16)22-20/h1-14H. The predicted octanol–water partition coefficient (Wildman–Crippen LogP) is 4.96. The van der Waals surface area contributed by atoms with Crippen molar-refractivity contribution in [1.82, 2.24) is 9.97 Å². The lowest BCUT2D eigenvalue weighted by Crippen LogP contribution is -1.92. The zero-order chi connectivity index (χ0) is 14.8. The lowest BCUT2D eigenvalue weighted by Gasteiger charge is -2.09. The number of aromatic nitrogens is 2. The van der Waals surface area contributed by atoms with Gasteiger partial charge in [0.15, 0.2) is 5.82 Å². The van der Waals surface area contributed by atoms with Gasteiger partial charge in [0.2, 0.25) is 0 Å². The highest BCUT2D eigenvalue weighted by atomic mass is 14.9. The zero-order valence-corrected chi connectivity index (χ0v) is 12.0. The summed E-state index contributed by atoms with van der Waals surface area (Å²) in [5, 5.41) is 1.06. The quantitative estimate of drug-likeness (QED) is 0.519. The first-order valence-corrected chi connectivity index (χ1v) is 7.28. The highest BCUT2D eigenvalue weighted by Gasteiger charge is 2.09. The van der Waals surface area contributed by atoms with Crippen molar-refractivity contribution in [2.24, 2.45) is 0 Å². The molecular formula is C20H14N2. The van der Waals surface area contributed by atoms with Crippen LogP contribution in [0.4, 0.5) is 0 Å². The van der Waals surface area contributed by atoms with Crippen molar-refractivity contribution in [3.63, 3.8) is 0 Å². The predicted molar refractivity (Wildman–Crippen MR) is 90.4 cm³/mol. The van der Waals surface area contributed by atoms with Crippen LogP contribution in [0.2, 0.25) is 0 Å². The summed E-state index contributed by atoms with van der Waals surface area (Å²) in [7, 11) is 0. The van der Waals surface area contributed by atoms with E-state index in [0.29, 0.717) is 0 Å². The molecule has 22 heavy (non-hydrogen) atoms. The first-order valence-electron chi connectivity index (χ1n) is 7.28. The summed E-state index contributed by atoms with van der Waals surface area (Å²) in [6.45, 7) is 0. The van der Waals surface area contributed by atoms with E-state index in [0.717, 1.165) is 27.9 Å². The Balaban J connectivity index is 1.92. The normalized spacial score (nSPS) is 10.7. The second-order valence-electron chi connectivity index (χ2n) is 5.16. The van der Waals surface area contributed by atoms with E-state index >= 15 is 0 Å². The van der Waals surface area contributed by atoms with Gasteiger partial charge < -0.3 is 0 Å². The summed E-state index contributed by atoms with van der Waals surface area (Å²) >= 11 is 0. The third kappa shape index (κ3) is 2.25. The molecule has 0 unspecified atom stereocenters. The molecule has 0 fully saturated rings. The Bertz CT molecular complexity index is 930. The first-order chi connectivity index (χ1) is 10.9. The Morgan fingerprint density at radius 1 is 0.591 bits per heavy atom. The number of fused-ring (bicyclic) bond motifs is 1. The van der Waals surface area contributed by atoms with Gasteiger partial charge in [-0.15, -0.1) is 0 Å². The van der Waals surface area contributed by atoms with Gasteiger partial charge in [-0.1, -0.05) is 72.8 Å². The minimum Gasteiger partial charge on any atom is -0.236 e. The summed E-state index contributed by atoms with van der Waals surface area (Å²) in [6, 6.07) is 26.7. The van der Waals surface area contributed by atoms with Gasteiger partial charge in [-0.2, -0.15) is 0 Å². The Hall–Kier alpha value is -3.00. The van der Waals surface area contributed by atoms with E-state index in [1.807, 2.05) is 60.8 Å². The molecule has 0 saturated carbocycles. The largest absolute Gasteiger partial charge is 0.236 e. The number of hydrogen-bond acceptors (Lipinski definition) is 2. The van der Waals surface area contributed by atoms with E-state index in [1.54, 1.807) is 0 Å². The second kappa shape index (κ2) is 5.41. The average molecular weight is 282 g/mol. The van der Waals surface area contributed by atoms with Crippen LogP contribution in [0.3, 0.4) is 0 Å². The van der Waals surface area contributed by atoms with E-state index < -0.39 is 0 Å². The molecular weight excluding hydrogens is 268 g/mol. The van der Waals surface area contributed by atoms with Crippen molar-refractivity contribution >= 4 is 10.9 Å². The number of rotatable bonds is 2. The highest BCUT2D eigenvalue weighted by Crippen LogP contribution is 2.30. The lowest BCUT2D eigenvalue weighted by molar-refractivity contribution is 1.23. The molecule has 2 nitrogen and oxygen atoms in total. The van der Waals surface area contributed by atoms with Crippen LogP contribution >= 0.6 is 0 Å². The molecule has 0 spiro atoms. The fraction of sp³-hybridized carbons (Fsp3) is 0. The first kappa shape index (κ1) is 12.7. The molecule has 1 heterocycles. The molecule has 0 aliphatic heterocycles. The Labute approximate surface area is 129 Å². The summed E-state index contributed by atoms with van der Waals surface area (Å²) in [4.78, 5) is 9.27. The SMILES string of the molecule is c1ccc(-c2ccccc2-c2ncc3ccccc3n2)cc1. The maximum Gasteiger partial charge on any atom is 0.160 e. The van der Waals surface area contributed by atoms with Gasteiger partial charge in [0.1, 0.15) is 0 Å². The molecule has 0 bridgehead atoms. The Morgan fingerprint density at radius 3 is 2.14 bits per heavy atom. The third-order valence-corrected chi connectivity index (χ3v) is 3.74. The van der Waals surface area contributed by atoms with E-state index in [9.17, 15) is 0 Å². The third-order valence-electron chi connectivity index (χ3n) is 3.74. The maximum absolute atomic E-state index is 4.72. The molecule has 0 atom stereocenters. The molecule has 0 saturated heterocycles. The molecule has 2 heteroatoms. The topological polar surface area (TPSA) is 25.8 Å². The van der Waals surface area contributed by atoms with Gasteiger partial charge in [-0.3, -0.25) is 0 Å². The number of para-hydroxylation sites is 1. The highest BCUT2D eigenvalue weighted by molar-refractivity contribution is 5.84. The van der Waals surface area contributed by atoms with Crippen LogP contribution in [-0.4, -0.2) is 9.97 Å². The smallest absolute Gasteiger partial charge is 0.160 e. The second-order valence-corrected chi connectivity index (χ2v) is 5.16. The number of hydrogen-bond donors (Lipinski definition) is 0. The molecule has 3 aromatic carbocycles. The molecule has 0 aliphatic carbocycles. The Kier molecular flexibility index (Phi) is 3.13. The summed E-state index contributed by atoms with van der Waals surface area (Å²) < 4.78 is 0. The van der Waals surface area contributed by atoms with Gasteiger partial charge in [0.25, 0.3) is 0 Å². The molecule has 4 rings (SSSR count). The van der Waals surface area contributed by atoms with Crippen LogP contribution in [0.25, 0.3) is 33.4 Å². The van der Waals surface area contributed by atoms with E-state index in [4.69, 9.17) is 4.98 Å². The summed E-state index contributed by atoms with van der Waals surface area (Å²) in [5.41, 5.74) is 4.35. The van der Waals surface area contributed by atoms with Crippen LogP contribution in [0.15, 0.2) is 85.1 Å². The van der Waals surface area contributed by atoms with Crippen molar-refractivity contribution in [2.45, 2.75) is 0 Å². The van der Waals surface area contributed by atoms with E-state index in [-0.39, 0.29) is 0 Å². The minimum atomic E-state index is 0.762. The Morgan fingerprint density at radius 2 is 1.27 bits per heavy atom. The molecule has 0 amide bonds. The molecule has 4 aromatic rings. The average Bonchev–Trinajstić information content (AvgIpc) is 2.62. The number of benzene rings is 3. The van der Waals surface area contributed by atoms with Crippen molar-refractivity contribution < 1.29 is 0 Å². The van der Waals surface area contributed by atoms with Crippen molar-refractivity contribution in [1.29, 1.82) is 0 Å². The van der Waals surface area contributed by atoms with Gasteiger partial charge >= 0.3 is 0 Å². The van der Waals surface area contributed by atoms with Crippen LogP contribution in [-0.2, 0) is 0 Å². The van der Waals surface area contributed by atoms with E-state index in [1.165, 1.54) is 5.56 Å². The van der Waals surface area contributed by atoms with Crippen LogP contribution < -0.4 is 0 Å². The van der Waals surface area contributed by atoms with Crippen molar-refractivity contribution in [2.75, 3.05) is 0 Å². The fourth-order valence-electron chi connectivity index (χ4n) is 2.65.